The smallest absolute Gasteiger partial charge is 0.454 e. The molecule has 2 heterocycles. The minimum Gasteiger partial charge on any atom is -0.489 e. The lowest BCUT2D eigenvalue weighted by molar-refractivity contribution is 0.205. The van der Waals surface area contributed by atoms with Crippen LogP contribution in [-0.4, -0.2) is 36.1 Å². The van der Waals surface area contributed by atoms with Crippen molar-refractivity contribution in [2.45, 2.75) is 48.9 Å². The molecule has 1 N–H and O–H groups in total. The average Bonchev–Trinajstić information content (AvgIpc) is 3.33. The van der Waals surface area contributed by atoms with E-state index in [1.165, 1.54) is 17.7 Å². The van der Waals surface area contributed by atoms with Crippen LogP contribution in [-0.2, 0) is 4.65 Å². The van der Waals surface area contributed by atoms with Crippen molar-refractivity contribution in [3.8, 4) is 16.9 Å². The normalized spacial score (nSPS) is 20.7. The van der Waals surface area contributed by atoms with Crippen LogP contribution < -0.4 is 4.74 Å². The summed E-state index contributed by atoms with van der Waals surface area (Å²) in [4.78, 5) is 5.60. The third-order valence-corrected chi connectivity index (χ3v) is 6.08. The molecule has 2 aromatic rings. The van der Waals surface area contributed by atoms with E-state index in [0.717, 1.165) is 35.3 Å². The molecule has 2 fully saturated rings. The molecule has 1 aromatic carbocycles. The number of nitrogens with zero attached hydrogens (tertiary/aromatic N) is 1. The Morgan fingerprint density at radius 2 is 2.04 bits per heavy atom. The summed E-state index contributed by atoms with van der Waals surface area (Å²) in [5.74, 6) is 1.18. The van der Waals surface area contributed by atoms with Gasteiger partial charge in [0, 0.05) is 35.4 Å². The maximum Gasteiger partial charge on any atom is 0.454 e. The first-order valence-electron chi connectivity index (χ1n) is 9.32. The van der Waals surface area contributed by atoms with Gasteiger partial charge >= 0.3 is 7.12 Å². The molecule has 0 unspecified atom stereocenters. The average molecular weight is 369 g/mol. The van der Waals surface area contributed by atoms with E-state index in [1.807, 2.05) is 12.4 Å². The van der Waals surface area contributed by atoms with Crippen LogP contribution in [0, 0.1) is 0 Å². The summed E-state index contributed by atoms with van der Waals surface area (Å²) >= 11 is 1.72. The van der Waals surface area contributed by atoms with Crippen LogP contribution in [0.2, 0.25) is 6.32 Å². The minimum atomic E-state index is -0.657. The molecule has 1 aliphatic heterocycles. The van der Waals surface area contributed by atoms with Gasteiger partial charge in [-0.05, 0) is 67.6 Å². The molecule has 1 atom stereocenters. The summed E-state index contributed by atoms with van der Waals surface area (Å²) in [5.41, 5.74) is 3.31. The van der Waals surface area contributed by atoms with Gasteiger partial charge in [0.1, 0.15) is 5.75 Å². The van der Waals surface area contributed by atoms with E-state index in [4.69, 9.17) is 9.39 Å². The van der Waals surface area contributed by atoms with Gasteiger partial charge in [-0.3, -0.25) is 4.98 Å². The van der Waals surface area contributed by atoms with Gasteiger partial charge in [-0.25, -0.2) is 0 Å². The Morgan fingerprint density at radius 1 is 1.19 bits per heavy atom. The van der Waals surface area contributed by atoms with E-state index >= 15 is 0 Å². The molecule has 1 aromatic heterocycles. The quantitative estimate of drug-likeness (QED) is 0.626. The van der Waals surface area contributed by atoms with Crippen LogP contribution in [0.1, 0.15) is 37.2 Å². The van der Waals surface area contributed by atoms with Crippen molar-refractivity contribution in [3.05, 3.63) is 42.2 Å². The molecule has 2 aliphatic rings. The molecule has 6 heteroatoms. The van der Waals surface area contributed by atoms with Crippen molar-refractivity contribution in [1.29, 1.82) is 0 Å². The Morgan fingerprint density at radius 3 is 2.77 bits per heavy atom. The zero-order chi connectivity index (χ0) is 17.9. The van der Waals surface area contributed by atoms with Crippen molar-refractivity contribution in [1.82, 2.24) is 4.98 Å². The van der Waals surface area contributed by atoms with E-state index in [0.29, 0.717) is 19.0 Å². The van der Waals surface area contributed by atoms with Gasteiger partial charge in [-0.2, -0.15) is 0 Å². The highest BCUT2D eigenvalue weighted by Gasteiger charge is 2.30. The maximum absolute atomic E-state index is 9.62. The molecule has 4 rings (SSSR count). The Kier molecular flexibility index (Phi) is 5.53. The second-order valence-corrected chi connectivity index (χ2v) is 7.97. The van der Waals surface area contributed by atoms with Gasteiger partial charge in [0.15, 0.2) is 0 Å². The fourth-order valence-corrected chi connectivity index (χ4v) is 4.32. The standard InChI is InChI=1S/C20H24BNO3S/c1-26-20-7-6-14(9-19(20)25-18-4-2-3-5-18)15-8-16(12-22-11-15)17-10-21(23)24-13-17/h6-9,11-12,17-18,23H,2-5,10,13H2,1H3/t17-/m1/s1. The van der Waals surface area contributed by atoms with Crippen molar-refractivity contribution in [3.63, 3.8) is 0 Å². The molecule has 1 saturated heterocycles. The second-order valence-electron chi connectivity index (χ2n) is 7.12. The monoisotopic (exact) mass is 369 g/mol. The predicted molar refractivity (Wildman–Crippen MR) is 106 cm³/mol. The first kappa shape index (κ1) is 17.9. The highest BCUT2D eigenvalue weighted by molar-refractivity contribution is 7.98. The molecule has 4 nitrogen and oxygen atoms in total. The fraction of sp³-hybridized carbons (Fsp3) is 0.450. The minimum absolute atomic E-state index is 0.206. The number of hydrogen-bond acceptors (Lipinski definition) is 5. The summed E-state index contributed by atoms with van der Waals surface area (Å²) in [5, 5.41) is 9.62. The maximum atomic E-state index is 9.62. The summed E-state index contributed by atoms with van der Waals surface area (Å²) in [7, 11) is -0.657. The van der Waals surface area contributed by atoms with E-state index in [2.05, 4.69) is 35.5 Å². The number of pyridine rings is 1. The van der Waals surface area contributed by atoms with Gasteiger partial charge in [0.2, 0.25) is 0 Å². The molecule has 0 bridgehead atoms. The van der Waals surface area contributed by atoms with E-state index in [9.17, 15) is 5.02 Å². The van der Waals surface area contributed by atoms with Crippen LogP contribution in [0.15, 0.2) is 41.6 Å². The zero-order valence-corrected chi connectivity index (χ0v) is 15.9. The highest BCUT2D eigenvalue weighted by Crippen LogP contribution is 2.36. The Bertz CT molecular complexity index is 766. The van der Waals surface area contributed by atoms with Gasteiger partial charge < -0.3 is 14.4 Å². The van der Waals surface area contributed by atoms with E-state index in [1.54, 1.807) is 11.8 Å². The molecule has 26 heavy (non-hydrogen) atoms. The molecule has 1 aliphatic carbocycles. The summed E-state index contributed by atoms with van der Waals surface area (Å²) in [6, 6.07) is 8.57. The molecule has 0 radical (unpaired) electrons. The summed E-state index contributed by atoms with van der Waals surface area (Å²) < 4.78 is 11.6. The van der Waals surface area contributed by atoms with Crippen molar-refractivity contribution in [2.24, 2.45) is 0 Å². The first-order valence-corrected chi connectivity index (χ1v) is 10.5. The Balaban J connectivity index is 1.60. The molecule has 0 amide bonds. The highest BCUT2D eigenvalue weighted by atomic mass is 32.2. The molecule has 0 spiro atoms. The van der Waals surface area contributed by atoms with Crippen LogP contribution in [0.4, 0.5) is 0 Å². The van der Waals surface area contributed by atoms with Gasteiger partial charge in [0.05, 0.1) is 6.10 Å². The lowest BCUT2D eigenvalue weighted by atomic mass is 9.80. The van der Waals surface area contributed by atoms with Crippen LogP contribution in [0.25, 0.3) is 11.1 Å². The molecular weight excluding hydrogens is 345 g/mol. The van der Waals surface area contributed by atoms with Gasteiger partial charge in [-0.1, -0.05) is 6.07 Å². The van der Waals surface area contributed by atoms with E-state index in [-0.39, 0.29) is 5.92 Å². The van der Waals surface area contributed by atoms with Crippen LogP contribution in [0.5, 0.6) is 5.75 Å². The zero-order valence-electron chi connectivity index (χ0n) is 15.1. The number of rotatable bonds is 5. The van der Waals surface area contributed by atoms with Crippen LogP contribution in [0.3, 0.4) is 0 Å². The number of aromatic nitrogens is 1. The van der Waals surface area contributed by atoms with Crippen molar-refractivity contribution in [2.75, 3.05) is 12.9 Å². The number of ether oxygens (including phenoxy) is 1. The van der Waals surface area contributed by atoms with Gasteiger partial charge in [-0.15, -0.1) is 11.8 Å². The van der Waals surface area contributed by atoms with E-state index < -0.39 is 7.12 Å². The number of hydrogen-bond donors (Lipinski definition) is 1. The molecule has 1 saturated carbocycles. The fourth-order valence-electron chi connectivity index (χ4n) is 3.81. The SMILES string of the molecule is CSc1ccc(-c2cncc([C@H]3COB(O)C3)c2)cc1OC1CCCC1. The predicted octanol–water partition coefficient (Wildman–Crippen LogP) is 4.39. The second kappa shape index (κ2) is 8.03. The van der Waals surface area contributed by atoms with Gasteiger partial charge in [0.25, 0.3) is 0 Å². The third kappa shape index (κ3) is 3.92. The summed E-state index contributed by atoms with van der Waals surface area (Å²) in [6.45, 7) is 0.549. The van der Waals surface area contributed by atoms with Crippen molar-refractivity contribution < 1.29 is 14.4 Å². The largest absolute Gasteiger partial charge is 0.489 e. The number of thioether (sulfide) groups is 1. The lowest BCUT2D eigenvalue weighted by Crippen LogP contribution is -2.11. The Labute approximate surface area is 159 Å². The van der Waals surface area contributed by atoms with Crippen molar-refractivity contribution >= 4 is 18.9 Å². The third-order valence-electron chi connectivity index (χ3n) is 5.30. The molecule has 136 valence electrons. The molecular formula is C20H24BNO3S. The topological polar surface area (TPSA) is 51.6 Å². The summed E-state index contributed by atoms with van der Waals surface area (Å²) in [6.07, 6.45) is 11.7. The first-order chi connectivity index (χ1) is 12.7. The lowest BCUT2D eigenvalue weighted by Gasteiger charge is -2.17. The number of benzene rings is 1. The Hall–Kier alpha value is -1.50. The van der Waals surface area contributed by atoms with Crippen LogP contribution >= 0.6 is 11.8 Å².